The third-order valence-corrected chi connectivity index (χ3v) is 6.55. The van der Waals surface area contributed by atoms with Crippen molar-refractivity contribution in [3.63, 3.8) is 0 Å². The van der Waals surface area contributed by atoms with Crippen LogP contribution in [0.5, 0.6) is 0 Å². The molecule has 0 radical (unpaired) electrons. The van der Waals surface area contributed by atoms with Crippen molar-refractivity contribution in [3.8, 4) is 0 Å². The molecule has 3 aliphatic heterocycles. The predicted molar refractivity (Wildman–Crippen MR) is 85.8 cm³/mol. The van der Waals surface area contributed by atoms with Crippen molar-refractivity contribution in [2.75, 3.05) is 37.3 Å². The summed E-state index contributed by atoms with van der Waals surface area (Å²) < 4.78 is 24.5. The highest BCUT2D eigenvalue weighted by molar-refractivity contribution is 7.91. The van der Waals surface area contributed by atoms with Gasteiger partial charge in [0.1, 0.15) is 0 Å². The van der Waals surface area contributed by atoms with E-state index in [-0.39, 0.29) is 5.75 Å². The maximum Gasteiger partial charge on any atom is 0.182 e. The average molecular weight is 308 g/mol. The van der Waals surface area contributed by atoms with E-state index in [4.69, 9.17) is 0 Å². The van der Waals surface area contributed by atoms with Gasteiger partial charge < -0.3 is 9.80 Å². The first-order valence-corrected chi connectivity index (χ1v) is 9.54. The maximum atomic E-state index is 12.2. The zero-order valence-electron chi connectivity index (χ0n) is 13.0. The van der Waals surface area contributed by atoms with Gasteiger partial charge in [0.25, 0.3) is 0 Å². The molecule has 0 bridgehead atoms. The number of likely N-dealkylation sites (N-methyl/N-ethyl adjacent to an activating group) is 1. The SMILES string of the molecule is CC.CN1CC[C@H]2[C@@H](C1)c1cccc3c1N2CCS3(=O)=O. The van der Waals surface area contributed by atoms with Crippen molar-refractivity contribution in [2.45, 2.75) is 37.1 Å². The van der Waals surface area contributed by atoms with Crippen molar-refractivity contribution < 1.29 is 8.42 Å². The normalized spacial score (nSPS) is 29.2. The highest BCUT2D eigenvalue weighted by atomic mass is 32.2. The molecule has 4 nitrogen and oxygen atoms in total. The molecule has 0 aliphatic carbocycles. The van der Waals surface area contributed by atoms with Crippen molar-refractivity contribution in [1.82, 2.24) is 4.90 Å². The van der Waals surface area contributed by atoms with Crippen LogP contribution in [-0.4, -0.2) is 51.8 Å². The molecule has 3 heterocycles. The Morgan fingerprint density at radius 1 is 1.19 bits per heavy atom. The first-order chi connectivity index (χ1) is 10.1. The van der Waals surface area contributed by atoms with Crippen LogP contribution in [0.2, 0.25) is 0 Å². The van der Waals surface area contributed by atoms with Gasteiger partial charge in [-0.1, -0.05) is 26.0 Å². The summed E-state index contributed by atoms with van der Waals surface area (Å²) in [5.41, 5.74) is 2.26. The van der Waals surface area contributed by atoms with Crippen LogP contribution in [0, 0.1) is 0 Å². The minimum Gasteiger partial charge on any atom is -0.366 e. The molecule has 0 aromatic heterocycles. The summed E-state index contributed by atoms with van der Waals surface area (Å²) in [6.45, 7) is 6.81. The van der Waals surface area contributed by atoms with Gasteiger partial charge in [0.05, 0.1) is 16.3 Å². The Morgan fingerprint density at radius 3 is 2.71 bits per heavy atom. The monoisotopic (exact) mass is 308 g/mol. The van der Waals surface area contributed by atoms with Crippen LogP contribution in [0.25, 0.3) is 0 Å². The minimum absolute atomic E-state index is 0.266. The molecule has 116 valence electrons. The Morgan fingerprint density at radius 2 is 1.95 bits per heavy atom. The summed E-state index contributed by atoms with van der Waals surface area (Å²) in [4.78, 5) is 5.28. The highest BCUT2D eigenvalue weighted by Crippen LogP contribution is 2.49. The average Bonchev–Trinajstić information content (AvgIpc) is 2.80. The first-order valence-electron chi connectivity index (χ1n) is 7.89. The summed E-state index contributed by atoms with van der Waals surface area (Å²) in [7, 11) is -0.918. The number of benzene rings is 1. The molecule has 1 aromatic carbocycles. The van der Waals surface area contributed by atoms with Crippen LogP contribution in [0.4, 0.5) is 5.69 Å². The quantitative estimate of drug-likeness (QED) is 0.736. The van der Waals surface area contributed by atoms with Crippen LogP contribution < -0.4 is 4.90 Å². The third-order valence-electron chi connectivity index (χ3n) is 4.83. The van der Waals surface area contributed by atoms with E-state index >= 15 is 0 Å². The maximum absolute atomic E-state index is 12.2. The fourth-order valence-corrected chi connectivity index (χ4v) is 5.42. The Hall–Kier alpha value is -1.07. The number of rotatable bonds is 0. The molecule has 2 atom stereocenters. The molecule has 0 saturated carbocycles. The highest BCUT2D eigenvalue weighted by Gasteiger charge is 2.45. The summed E-state index contributed by atoms with van der Waals surface area (Å²) in [5, 5.41) is 0. The van der Waals surface area contributed by atoms with Crippen LogP contribution in [0.1, 0.15) is 31.7 Å². The summed E-state index contributed by atoms with van der Waals surface area (Å²) in [6.07, 6.45) is 1.13. The molecular formula is C16H24N2O2S. The van der Waals surface area contributed by atoms with E-state index in [1.165, 1.54) is 5.56 Å². The van der Waals surface area contributed by atoms with Crippen molar-refractivity contribution in [1.29, 1.82) is 0 Å². The lowest BCUT2D eigenvalue weighted by Gasteiger charge is -2.38. The van der Waals surface area contributed by atoms with Gasteiger partial charge in [-0.25, -0.2) is 8.42 Å². The second kappa shape index (κ2) is 5.29. The Kier molecular flexibility index (Phi) is 3.74. The molecule has 0 spiro atoms. The van der Waals surface area contributed by atoms with Crippen molar-refractivity contribution in [2.24, 2.45) is 0 Å². The molecule has 0 unspecified atom stereocenters. The number of piperidine rings is 1. The second-order valence-electron chi connectivity index (χ2n) is 5.93. The van der Waals surface area contributed by atoms with Crippen LogP contribution in [-0.2, 0) is 9.84 Å². The molecular weight excluding hydrogens is 284 g/mol. The van der Waals surface area contributed by atoms with E-state index in [0.717, 1.165) is 25.2 Å². The molecule has 3 aliphatic rings. The van der Waals surface area contributed by atoms with E-state index in [1.807, 2.05) is 19.9 Å². The third kappa shape index (κ3) is 2.18. The lowest BCUT2D eigenvalue weighted by atomic mass is 9.89. The van der Waals surface area contributed by atoms with Gasteiger partial charge in [-0.2, -0.15) is 0 Å². The van der Waals surface area contributed by atoms with Gasteiger partial charge in [0, 0.05) is 25.0 Å². The number of para-hydroxylation sites is 1. The predicted octanol–water partition coefficient (Wildman–Crippen LogP) is 2.11. The zero-order chi connectivity index (χ0) is 15.2. The summed E-state index contributed by atoms with van der Waals surface area (Å²) in [6, 6.07) is 6.31. The number of sulfone groups is 1. The van der Waals surface area contributed by atoms with Gasteiger partial charge in [-0.3, -0.25) is 0 Å². The number of nitrogens with zero attached hydrogens (tertiary/aromatic N) is 2. The number of fused-ring (bicyclic) bond motifs is 3. The number of likely N-dealkylation sites (tertiary alicyclic amines) is 1. The molecule has 5 heteroatoms. The standard InChI is InChI=1S/C14H18N2O2S.C2H6/c1-15-6-5-12-11(9-15)10-3-2-4-13-14(10)16(12)7-8-19(13,17)18;1-2/h2-4,11-12H,5-9H2,1H3;1-2H3/t11-,12-;/m0./s1. The fraction of sp³-hybridized carbons (Fsp3) is 0.625. The molecule has 0 amide bonds. The van der Waals surface area contributed by atoms with Crippen LogP contribution in [0.15, 0.2) is 23.1 Å². The van der Waals surface area contributed by atoms with Crippen LogP contribution in [0.3, 0.4) is 0 Å². The van der Waals surface area contributed by atoms with Gasteiger partial charge in [0.2, 0.25) is 0 Å². The van der Waals surface area contributed by atoms with E-state index in [2.05, 4.69) is 22.9 Å². The molecule has 21 heavy (non-hydrogen) atoms. The van der Waals surface area contributed by atoms with Crippen LogP contribution >= 0.6 is 0 Å². The summed E-state index contributed by atoms with van der Waals surface area (Å²) >= 11 is 0. The fourth-order valence-electron chi connectivity index (χ4n) is 3.95. The van der Waals surface area contributed by atoms with E-state index in [0.29, 0.717) is 23.4 Å². The van der Waals surface area contributed by atoms with E-state index in [9.17, 15) is 8.42 Å². The Balaban J connectivity index is 0.000000636. The second-order valence-corrected chi connectivity index (χ2v) is 8.01. The topological polar surface area (TPSA) is 40.6 Å². The molecule has 4 rings (SSSR count). The largest absolute Gasteiger partial charge is 0.366 e. The van der Waals surface area contributed by atoms with Crippen molar-refractivity contribution >= 4 is 15.5 Å². The summed E-state index contributed by atoms with van der Waals surface area (Å²) in [5.74, 6) is 0.740. The van der Waals surface area contributed by atoms with Crippen molar-refractivity contribution in [3.05, 3.63) is 23.8 Å². The van der Waals surface area contributed by atoms with Gasteiger partial charge in [-0.05, 0) is 31.6 Å². The zero-order valence-corrected chi connectivity index (χ0v) is 13.9. The Labute approximate surface area is 127 Å². The van der Waals surface area contributed by atoms with E-state index in [1.54, 1.807) is 6.07 Å². The number of hydrogen-bond donors (Lipinski definition) is 0. The Bertz CT molecular complexity index is 642. The number of hydrogen-bond acceptors (Lipinski definition) is 4. The van der Waals surface area contributed by atoms with Gasteiger partial charge in [0.15, 0.2) is 9.84 Å². The molecule has 1 fully saturated rings. The number of anilines is 1. The first kappa shape index (κ1) is 14.9. The minimum atomic E-state index is -3.07. The molecule has 1 saturated heterocycles. The lowest BCUT2D eigenvalue weighted by Crippen LogP contribution is -2.47. The lowest BCUT2D eigenvalue weighted by molar-refractivity contribution is 0.232. The van der Waals surface area contributed by atoms with Gasteiger partial charge >= 0.3 is 0 Å². The smallest absolute Gasteiger partial charge is 0.182 e. The van der Waals surface area contributed by atoms with Gasteiger partial charge in [-0.15, -0.1) is 0 Å². The molecule has 1 aromatic rings. The molecule has 0 N–H and O–H groups in total. The van der Waals surface area contributed by atoms with E-state index < -0.39 is 9.84 Å².